The molecule has 1 heterocycles. The van der Waals surface area contributed by atoms with Crippen molar-refractivity contribution in [3.05, 3.63) is 77.2 Å². The minimum Gasteiger partial charge on any atom is -0.481 e. The van der Waals surface area contributed by atoms with Gasteiger partial charge in [-0.25, -0.2) is 0 Å². The summed E-state index contributed by atoms with van der Waals surface area (Å²) < 4.78 is 68.4. The fourth-order valence-electron chi connectivity index (χ4n) is 8.06. The number of azide groups is 1. The molecule has 0 saturated heterocycles. The molecule has 0 fully saturated rings. The topological polar surface area (TPSA) is 273 Å². The fraction of sp³-hybridized carbons (Fsp3) is 0.614. The van der Waals surface area contributed by atoms with Gasteiger partial charge in [0.1, 0.15) is 12.3 Å². The predicted molar refractivity (Wildman–Crippen MR) is 297 cm³/mol. The molecule has 1 unspecified atom stereocenters. The van der Waals surface area contributed by atoms with Crippen LogP contribution in [0.4, 0.5) is 11.4 Å². The molecule has 79 heavy (non-hydrogen) atoms. The molecule has 0 aliphatic rings. The van der Waals surface area contributed by atoms with Crippen LogP contribution in [0, 0.1) is 5.92 Å². The number of amides is 1. The molecule has 0 saturated carbocycles. The third kappa shape index (κ3) is 29.0. The van der Waals surface area contributed by atoms with Crippen LogP contribution in [-0.2, 0) is 77.8 Å². The lowest BCUT2D eigenvalue weighted by molar-refractivity contribution is -0.659. The Morgan fingerprint density at radius 3 is 1.51 bits per heavy atom. The van der Waals surface area contributed by atoms with Crippen molar-refractivity contribution in [2.24, 2.45) is 11.0 Å². The van der Waals surface area contributed by atoms with Gasteiger partial charge in [0.15, 0.2) is 0 Å². The minimum atomic E-state index is -0.940. The van der Waals surface area contributed by atoms with Crippen molar-refractivity contribution < 1.29 is 80.9 Å². The van der Waals surface area contributed by atoms with Crippen molar-refractivity contribution in [2.45, 2.75) is 58.4 Å². The van der Waals surface area contributed by atoms with Gasteiger partial charge in [-0.3, -0.25) is 14.4 Å². The number of anilines is 1. The molecule has 0 aliphatic carbocycles. The molecular formula is C57H85N6O16+. The van der Waals surface area contributed by atoms with E-state index in [1.54, 1.807) is 6.92 Å². The first-order valence-corrected chi connectivity index (χ1v) is 27.6. The standard InChI is InChI=1S/C57H84N6O16/c1-2-46(57(66)67)43-50(64)16-19-68-21-23-70-25-27-72-29-31-74-33-35-76-37-39-78-41-42-79-40-38-77-36-34-75-32-30-73-28-26-71-24-22-69-20-17-60-55(65)11-7-4-8-18-63-54-45-49(61-62-59)13-15-52(54)51-14-12-48(58)44-53(51)56(63)47-9-5-3-6-10-47/h3,5-6,9-10,12-15,44-46H,2,4,7-8,11,16-43,58H2,1H3,(H-,60,65,66,67)/p+1. The number of carbonyl (C=O) groups excluding carboxylic acids is 2. The summed E-state index contributed by atoms with van der Waals surface area (Å²) in [6, 6.07) is 22.0. The number of unbranched alkanes of at least 4 members (excludes halogenated alkanes) is 2. The largest absolute Gasteiger partial charge is 0.481 e. The number of ketones is 1. The molecule has 3 aromatic carbocycles. The number of hydrogen-bond donors (Lipinski definition) is 3. The highest BCUT2D eigenvalue weighted by atomic mass is 16.6. The molecule has 22 heteroatoms. The number of aryl methyl sites for hydroxylation is 1. The van der Waals surface area contributed by atoms with Crippen molar-refractivity contribution in [3.8, 4) is 11.3 Å². The van der Waals surface area contributed by atoms with Gasteiger partial charge in [-0.2, -0.15) is 4.57 Å². The first-order valence-electron chi connectivity index (χ1n) is 27.6. The summed E-state index contributed by atoms with van der Waals surface area (Å²) in [5.74, 6) is -1.68. The quantitative estimate of drug-likeness (QED) is 0.00779. The lowest BCUT2D eigenvalue weighted by atomic mass is 9.98. The van der Waals surface area contributed by atoms with E-state index in [0.717, 1.165) is 52.2 Å². The molecule has 4 rings (SSSR count). The number of benzene rings is 3. The van der Waals surface area contributed by atoms with Crippen molar-refractivity contribution >= 4 is 50.7 Å². The van der Waals surface area contributed by atoms with Crippen LogP contribution in [0.25, 0.3) is 43.4 Å². The van der Waals surface area contributed by atoms with E-state index in [1.807, 2.05) is 54.6 Å². The minimum absolute atomic E-state index is 0.00501. The molecule has 4 aromatic rings. The van der Waals surface area contributed by atoms with Crippen molar-refractivity contribution in [1.29, 1.82) is 0 Å². The second kappa shape index (κ2) is 43.4. The third-order valence-corrected chi connectivity index (χ3v) is 12.1. The number of ether oxygens (including phenoxy) is 12. The molecule has 0 spiro atoms. The summed E-state index contributed by atoms with van der Waals surface area (Å²) in [7, 11) is 0. The number of aliphatic carboxylic acids is 1. The van der Waals surface area contributed by atoms with E-state index in [0.29, 0.717) is 189 Å². The number of nitrogens with two attached hydrogens (primary N) is 1. The van der Waals surface area contributed by atoms with Crippen molar-refractivity contribution in [3.63, 3.8) is 0 Å². The number of carboxylic acids is 1. The number of aromatic nitrogens is 1. The SMILES string of the molecule is CCC(CC(=O)CCOCCOCCOCCOCCOCCOCCOCCOCCOCCOCCOCCOCCNC(=O)CCCCC[n+]1c(-c2ccccc2)c2cc(N)ccc2c2ccc(N=[N+]=[N-])cc21)C(=O)O. The van der Waals surface area contributed by atoms with Gasteiger partial charge in [0.05, 0.1) is 175 Å². The number of Topliss-reactive ketones (excluding diaryl/α,β-unsaturated/α-hetero) is 1. The Hall–Kier alpha value is -5.43. The number of nitrogens with one attached hydrogen (secondary N) is 1. The second-order valence-corrected chi connectivity index (χ2v) is 18.0. The molecule has 1 amide bonds. The molecule has 4 N–H and O–H groups in total. The molecule has 0 bridgehead atoms. The lowest BCUT2D eigenvalue weighted by Crippen LogP contribution is -2.37. The normalized spacial score (nSPS) is 11.8. The average Bonchev–Trinajstić information content (AvgIpc) is 3.65. The number of fused-ring (bicyclic) bond motifs is 3. The first kappa shape index (κ1) is 66.1. The Morgan fingerprint density at radius 2 is 1.04 bits per heavy atom. The van der Waals surface area contributed by atoms with Crippen LogP contribution in [0.2, 0.25) is 0 Å². The van der Waals surface area contributed by atoms with E-state index in [1.165, 1.54) is 0 Å². The van der Waals surface area contributed by atoms with Gasteiger partial charge in [0, 0.05) is 65.5 Å². The Bertz CT molecular complexity index is 2340. The van der Waals surface area contributed by atoms with Gasteiger partial charge in [-0.05, 0) is 55.1 Å². The molecule has 22 nitrogen and oxygen atoms in total. The van der Waals surface area contributed by atoms with E-state index in [-0.39, 0.29) is 31.1 Å². The van der Waals surface area contributed by atoms with Crippen LogP contribution in [0.5, 0.6) is 0 Å². The van der Waals surface area contributed by atoms with Gasteiger partial charge in [-0.1, -0.05) is 42.4 Å². The van der Waals surface area contributed by atoms with Crippen molar-refractivity contribution in [2.75, 3.05) is 171 Å². The summed E-state index contributed by atoms with van der Waals surface area (Å²) in [5, 5.41) is 19.0. The molecule has 438 valence electrons. The number of nitrogens with zero attached hydrogens (tertiary/aromatic N) is 4. The summed E-state index contributed by atoms with van der Waals surface area (Å²) in [5.41, 5.74) is 19.7. The summed E-state index contributed by atoms with van der Waals surface area (Å²) in [6.07, 6.45) is 3.54. The Kier molecular flexibility index (Phi) is 36.3. The summed E-state index contributed by atoms with van der Waals surface area (Å²) in [4.78, 5) is 38.4. The molecule has 1 atom stereocenters. The zero-order chi connectivity index (χ0) is 56.2. The average molecular weight is 1110 g/mol. The first-order chi connectivity index (χ1) is 38.8. The smallest absolute Gasteiger partial charge is 0.306 e. The molecule has 0 aliphatic heterocycles. The summed E-state index contributed by atoms with van der Waals surface area (Å²) in [6.45, 7) is 13.3. The summed E-state index contributed by atoms with van der Waals surface area (Å²) >= 11 is 0. The van der Waals surface area contributed by atoms with Crippen molar-refractivity contribution in [1.82, 2.24) is 5.32 Å². The Labute approximate surface area is 464 Å². The third-order valence-electron chi connectivity index (χ3n) is 12.1. The highest BCUT2D eigenvalue weighted by Crippen LogP contribution is 2.34. The maximum Gasteiger partial charge on any atom is 0.306 e. The number of carboxylic acid groups (broad SMARTS) is 1. The maximum absolute atomic E-state index is 12.6. The van der Waals surface area contributed by atoms with Crippen LogP contribution in [-0.4, -0.2) is 188 Å². The molecule has 0 radical (unpaired) electrons. The highest BCUT2D eigenvalue weighted by Gasteiger charge is 2.24. The van der Waals surface area contributed by atoms with E-state index >= 15 is 0 Å². The lowest BCUT2D eigenvalue weighted by Gasteiger charge is -2.13. The van der Waals surface area contributed by atoms with E-state index in [2.05, 4.69) is 32.0 Å². The van der Waals surface area contributed by atoms with Crippen LogP contribution in [0.1, 0.15) is 51.9 Å². The van der Waals surface area contributed by atoms with E-state index in [4.69, 9.17) is 73.2 Å². The van der Waals surface area contributed by atoms with E-state index < -0.39 is 11.9 Å². The van der Waals surface area contributed by atoms with Crippen LogP contribution in [0.3, 0.4) is 0 Å². The van der Waals surface area contributed by atoms with Crippen LogP contribution >= 0.6 is 0 Å². The van der Waals surface area contributed by atoms with Gasteiger partial charge in [-0.15, -0.1) is 0 Å². The fourth-order valence-corrected chi connectivity index (χ4v) is 8.06. The number of nitrogen functional groups attached to an aromatic ring is 1. The predicted octanol–water partition coefficient (Wildman–Crippen LogP) is 6.81. The van der Waals surface area contributed by atoms with Gasteiger partial charge < -0.3 is 73.0 Å². The number of rotatable bonds is 51. The zero-order valence-electron chi connectivity index (χ0n) is 46.2. The van der Waals surface area contributed by atoms with Gasteiger partial charge in [0.2, 0.25) is 17.1 Å². The Balaban J connectivity index is 0.837. The second-order valence-electron chi connectivity index (χ2n) is 18.0. The Morgan fingerprint density at radius 1 is 0.570 bits per heavy atom. The number of hydrogen-bond acceptors (Lipinski definition) is 17. The van der Waals surface area contributed by atoms with Gasteiger partial charge >= 0.3 is 5.97 Å². The highest BCUT2D eigenvalue weighted by molar-refractivity contribution is 6.10. The van der Waals surface area contributed by atoms with Gasteiger partial charge in [0.25, 0.3) is 0 Å². The van der Waals surface area contributed by atoms with Crippen LogP contribution in [0.15, 0.2) is 71.8 Å². The van der Waals surface area contributed by atoms with Crippen LogP contribution < -0.4 is 15.6 Å². The molecule has 1 aromatic heterocycles. The zero-order valence-corrected chi connectivity index (χ0v) is 46.2. The number of carbonyl (C=O) groups is 3. The number of pyridine rings is 1. The maximum atomic E-state index is 12.6. The van der Waals surface area contributed by atoms with E-state index in [9.17, 15) is 14.4 Å². The monoisotopic (exact) mass is 1110 g/mol. The molecular weight excluding hydrogens is 1020 g/mol.